The Hall–Kier alpha value is -1.92. The maximum Gasteiger partial charge on any atom is 0.244 e. The van der Waals surface area contributed by atoms with Crippen molar-refractivity contribution in [2.24, 2.45) is 0 Å². The number of benzene rings is 1. The first-order valence-electron chi connectivity index (χ1n) is 7.53. The Morgan fingerprint density at radius 3 is 2.43 bits per heavy atom. The zero-order valence-corrected chi connectivity index (χ0v) is 14.5. The summed E-state index contributed by atoms with van der Waals surface area (Å²) in [5.41, 5.74) is 1.07. The minimum absolute atomic E-state index is 0.154. The molecule has 0 aliphatic heterocycles. The molecule has 1 atom stereocenters. The van der Waals surface area contributed by atoms with Crippen LogP contribution in [0.15, 0.2) is 53.7 Å². The van der Waals surface area contributed by atoms with Gasteiger partial charge < -0.3 is 4.74 Å². The fourth-order valence-corrected chi connectivity index (χ4v) is 4.16. The van der Waals surface area contributed by atoms with E-state index in [0.29, 0.717) is 13.0 Å². The summed E-state index contributed by atoms with van der Waals surface area (Å²) < 4.78 is 32.2. The zero-order chi connectivity index (χ0) is 16.9. The van der Waals surface area contributed by atoms with Crippen molar-refractivity contribution >= 4 is 10.0 Å². The molecule has 0 aliphatic rings. The van der Waals surface area contributed by atoms with Gasteiger partial charge in [-0.1, -0.05) is 19.1 Å². The van der Waals surface area contributed by atoms with Crippen LogP contribution in [-0.2, 0) is 16.4 Å². The Kier molecular flexibility index (Phi) is 5.74. The SMILES string of the molecule is CCN(C(C)Cc1ccc(OC)cc1)S(=O)(=O)c1cccnc1. The maximum absolute atomic E-state index is 12.8. The van der Waals surface area contributed by atoms with Gasteiger partial charge in [0.05, 0.1) is 7.11 Å². The average molecular weight is 334 g/mol. The number of hydrogen-bond donors (Lipinski definition) is 0. The minimum atomic E-state index is -3.54. The van der Waals surface area contributed by atoms with E-state index in [-0.39, 0.29) is 10.9 Å². The van der Waals surface area contributed by atoms with E-state index in [9.17, 15) is 8.42 Å². The van der Waals surface area contributed by atoms with Crippen molar-refractivity contribution in [2.75, 3.05) is 13.7 Å². The summed E-state index contributed by atoms with van der Waals surface area (Å²) in [5.74, 6) is 0.789. The molecule has 6 heteroatoms. The summed E-state index contributed by atoms with van der Waals surface area (Å²) in [6.07, 6.45) is 3.59. The summed E-state index contributed by atoms with van der Waals surface area (Å²) in [6.45, 7) is 4.18. The lowest BCUT2D eigenvalue weighted by Crippen LogP contribution is -2.39. The van der Waals surface area contributed by atoms with E-state index < -0.39 is 10.0 Å². The molecule has 23 heavy (non-hydrogen) atoms. The predicted molar refractivity (Wildman–Crippen MR) is 90.0 cm³/mol. The summed E-state index contributed by atoms with van der Waals surface area (Å²) >= 11 is 0. The van der Waals surface area contributed by atoms with Gasteiger partial charge >= 0.3 is 0 Å². The summed E-state index contributed by atoms with van der Waals surface area (Å²) in [4.78, 5) is 4.14. The zero-order valence-electron chi connectivity index (χ0n) is 13.6. The number of aromatic nitrogens is 1. The largest absolute Gasteiger partial charge is 0.497 e. The average Bonchev–Trinajstić information content (AvgIpc) is 2.56. The van der Waals surface area contributed by atoms with Crippen LogP contribution in [0, 0.1) is 0 Å². The van der Waals surface area contributed by atoms with Crippen molar-refractivity contribution in [3.63, 3.8) is 0 Å². The van der Waals surface area contributed by atoms with Crippen molar-refractivity contribution in [3.8, 4) is 5.75 Å². The van der Waals surface area contributed by atoms with Crippen molar-refractivity contribution in [1.29, 1.82) is 0 Å². The van der Waals surface area contributed by atoms with Crippen molar-refractivity contribution in [1.82, 2.24) is 9.29 Å². The Labute approximate surface area is 138 Å². The summed E-state index contributed by atoms with van der Waals surface area (Å²) in [6, 6.07) is 10.7. The molecule has 1 unspecified atom stereocenters. The molecular formula is C17H22N2O3S. The molecule has 0 bridgehead atoms. The highest BCUT2D eigenvalue weighted by atomic mass is 32.2. The third-order valence-corrected chi connectivity index (χ3v) is 5.81. The maximum atomic E-state index is 12.8. The van der Waals surface area contributed by atoms with Gasteiger partial charge in [0, 0.05) is 25.0 Å². The molecule has 0 saturated carbocycles. The van der Waals surface area contributed by atoms with Crippen LogP contribution in [0.5, 0.6) is 5.75 Å². The molecule has 0 saturated heterocycles. The first-order chi connectivity index (χ1) is 11.0. The summed E-state index contributed by atoms with van der Waals surface area (Å²) in [5, 5.41) is 0. The number of ether oxygens (including phenoxy) is 1. The fraction of sp³-hybridized carbons (Fsp3) is 0.353. The number of likely N-dealkylation sites (N-methyl/N-ethyl adjacent to an activating group) is 1. The number of sulfonamides is 1. The third kappa shape index (κ3) is 4.09. The van der Waals surface area contributed by atoms with Crippen LogP contribution < -0.4 is 4.74 Å². The standard InChI is InChI=1S/C17H22N2O3S/c1-4-19(23(20,21)17-6-5-11-18-13-17)14(2)12-15-7-9-16(22-3)10-8-15/h5-11,13-14H,4,12H2,1-3H3. The van der Waals surface area contributed by atoms with E-state index in [1.807, 2.05) is 38.1 Å². The number of methoxy groups -OCH3 is 1. The lowest BCUT2D eigenvalue weighted by atomic mass is 10.1. The molecule has 1 aromatic carbocycles. The Bertz CT molecular complexity index is 715. The van der Waals surface area contributed by atoms with E-state index in [1.54, 1.807) is 25.4 Å². The van der Waals surface area contributed by atoms with Gasteiger partial charge in [-0.25, -0.2) is 8.42 Å². The van der Waals surface area contributed by atoms with Crippen LogP contribution in [0.25, 0.3) is 0 Å². The number of hydrogen-bond acceptors (Lipinski definition) is 4. The van der Waals surface area contributed by atoms with Crippen molar-refractivity contribution in [2.45, 2.75) is 31.2 Å². The van der Waals surface area contributed by atoms with Gasteiger partial charge in [0.25, 0.3) is 0 Å². The van der Waals surface area contributed by atoms with Crippen molar-refractivity contribution in [3.05, 3.63) is 54.4 Å². The lowest BCUT2D eigenvalue weighted by molar-refractivity contribution is 0.347. The number of rotatable bonds is 7. The van der Waals surface area contributed by atoms with Gasteiger partial charge in [-0.05, 0) is 43.2 Å². The monoisotopic (exact) mass is 334 g/mol. The second kappa shape index (κ2) is 7.57. The third-order valence-electron chi connectivity index (χ3n) is 3.73. The predicted octanol–water partition coefficient (Wildman–Crippen LogP) is 2.73. The highest BCUT2D eigenvalue weighted by molar-refractivity contribution is 7.89. The molecule has 0 amide bonds. The Morgan fingerprint density at radius 2 is 1.91 bits per heavy atom. The molecule has 2 aromatic rings. The topological polar surface area (TPSA) is 59.5 Å². The van der Waals surface area contributed by atoms with Crippen LogP contribution in [0.3, 0.4) is 0 Å². The second-order valence-corrected chi connectivity index (χ2v) is 7.19. The van der Waals surface area contributed by atoms with Gasteiger partial charge in [0.1, 0.15) is 10.6 Å². The van der Waals surface area contributed by atoms with E-state index in [0.717, 1.165) is 11.3 Å². The molecule has 0 N–H and O–H groups in total. The molecule has 0 spiro atoms. The van der Waals surface area contributed by atoms with Gasteiger partial charge in [-0.3, -0.25) is 4.98 Å². The normalized spacial score (nSPS) is 13.0. The minimum Gasteiger partial charge on any atom is -0.497 e. The van der Waals surface area contributed by atoms with Crippen LogP contribution in [-0.4, -0.2) is 37.4 Å². The molecule has 1 heterocycles. The van der Waals surface area contributed by atoms with Crippen LogP contribution in [0.2, 0.25) is 0 Å². The molecule has 0 aliphatic carbocycles. The molecule has 0 radical (unpaired) electrons. The van der Waals surface area contributed by atoms with Gasteiger partial charge in [-0.2, -0.15) is 4.31 Å². The van der Waals surface area contributed by atoms with E-state index >= 15 is 0 Å². The number of pyridine rings is 1. The highest BCUT2D eigenvalue weighted by Crippen LogP contribution is 2.20. The van der Waals surface area contributed by atoms with Gasteiger partial charge in [0.15, 0.2) is 0 Å². The fourth-order valence-electron chi connectivity index (χ4n) is 2.56. The van der Waals surface area contributed by atoms with Crippen LogP contribution in [0.4, 0.5) is 0 Å². The molecular weight excluding hydrogens is 312 g/mol. The van der Waals surface area contributed by atoms with Crippen LogP contribution >= 0.6 is 0 Å². The van der Waals surface area contributed by atoms with Crippen molar-refractivity contribution < 1.29 is 13.2 Å². The molecule has 1 aromatic heterocycles. The highest BCUT2D eigenvalue weighted by Gasteiger charge is 2.27. The van der Waals surface area contributed by atoms with Gasteiger partial charge in [0.2, 0.25) is 10.0 Å². The number of nitrogens with zero attached hydrogens (tertiary/aromatic N) is 2. The van der Waals surface area contributed by atoms with E-state index in [2.05, 4.69) is 4.98 Å². The molecule has 5 nitrogen and oxygen atoms in total. The lowest BCUT2D eigenvalue weighted by Gasteiger charge is -2.27. The molecule has 2 rings (SSSR count). The Morgan fingerprint density at radius 1 is 1.22 bits per heavy atom. The molecule has 0 fully saturated rings. The van der Waals surface area contributed by atoms with E-state index in [1.165, 1.54) is 10.5 Å². The molecule has 124 valence electrons. The van der Waals surface area contributed by atoms with Gasteiger partial charge in [-0.15, -0.1) is 0 Å². The quantitative estimate of drug-likeness (QED) is 0.781. The smallest absolute Gasteiger partial charge is 0.244 e. The summed E-state index contributed by atoms with van der Waals surface area (Å²) in [7, 11) is -1.92. The first kappa shape index (κ1) is 17.4. The van der Waals surface area contributed by atoms with Crippen LogP contribution in [0.1, 0.15) is 19.4 Å². The Balaban J connectivity index is 2.19. The second-order valence-electron chi connectivity index (χ2n) is 5.30. The van der Waals surface area contributed by atoms with E-state index in [4.69, 9.17) is 4.74 Å². The first-order valence-corrected chi connectivity index (χ1v) is 8.97.